The summed E-state index contributed by atoms with van der Waals surface area (Å²) in [4.78, 5) is 11.2. The van der Waals surface area contributed by atoms with E-state index in [0.29, 0.717) is 12.8 Å². The molecule has 0 spiro atoms. The summed E-state index contributed by atoms with van der Waals surface area (Å²) < 4.78 is 0. The number of ketones is 1. The van der Waals surface area contributed by atoms with Gasteiger partial charge in [-0.05, 0) is 18.9 Å². The van der Waals surface area contributed by atoms with Gasteiger partial charge in [0.1, 0.15) is 5.78 Å². The summed E-state index contributed by atoms with van der Waals surface area (Å²) in [5.41, 5.74) is 2.49. The van der Waals surface area contributed by atoms with Gasteiger partial charge in [0.2, 0.25) is 0 Å². The molecule has 0 N–H and O–H groups in total. The molecule has 0 atom stereocenters. The van der Waals surface area contributed by atoms with E-state index in [4.69, 9.17) is 0 Å². The van der Waals surface area contributed by atoms with E-state index in [1.165, 1.54) is 11.1 Å². The van der Waals surface area contributed by atoms with Crippen molar-refractivity contribution in [3.05, 3.63) is 48.0 Å². The Balaban J connectivity index is 2.41. The van der Waals surface area contributed by atoms with Gasteiger partial charge in [0, 0.05) is 12.8 Å². The maximum Gasteiger partial charge on any atom is 0.136 e. The van der Waals surface area contributed by atoms with Crippen LogP contribution >= 0.6 is 0 Å². The molecule has 0 aliphatic rings. The lowest BCUT2D eigenvalue weighted by molar-refractivity contribution is -0.118. The van der Waals surface area contributed by atoms with E-state index >= 15 is 0 Å². The third-order valence-electron chi connectivity index (χ3n) is 2.19. The Bertz CT molecular complexity index is 309. The number of benzene rings is 1. The van der Waals surface area contributed by atoms with Crippen LogP contribution < -0.4 is 0 Å². The van der Waals surface area contributed by atoms with Crippen molar-refractivity contribution in [2.24, 2.45) is 0 Å². The molecule has 0 saturated heterocycles. The summed E-state index contributed by atoms with van der Waals surface area (Å²) in [5.74, 6) is 0.264. The Kier molecular flexibility index (Phi) is 4.11. The first-order valence-corrected chi connectivity index (χ1v) is 4.90. The first kappa shape index (κ1) is 10.7. The largest absolute Gasteiger partial charge is 0.299 e. The Morgan fingerprint density at radius 1 is 1.36 bits per heavy atom. The highest BCUT2D eigenvalue weighted by Gasteiger charge is 1.99. The number of hydrogen-bond acceptors (Lipinski definition) is 1. The van der Waals surface area contributed by atoms with Crippen LogP contribution in [0, 0.1) is 6.92 Å². The van der Waals surface area contributed by atoms with Crippen LogP contribution in [0.2, 0.25) is 0 Å². The van der Waals surface area contributed by atoms with E-state index in [1.807, 2.05) is 0 Å². The highest BCUT2D eigenvalue weighted by molar-refractivity contribution is 5.79. The number of rotatable bonds is 5. The lowest BCUT2D eigenvalue weighted by atomic mass is 10.1. The maximum atomic E-state index is 11.2. The molecular weight excluding hydrogens is 172 g/mol. The molecule has 74 valence electrons. The fourth-order valence-electron chi connectivity index (χ4n) is 1.30. The molecular formula is C13H16O. The maximum absolute atomic E-state index is 11.2. The predicted molar refractivity (Wildman–Crippen MR) is 59.3 cm³/mol. The summed E-state index contributed by atoms with van der Waals surface area (Å²) in [6.45, 7) is 5.61. The smallest absolute Gasteiger partial charge is 0.136 e. The van der Waals surface area contributed by atoms with Gasteiger partial charge >= 0.3 is 0 Å². The number of aryl methyl sites for hydroxylation is 2. The van der Waals surface area contributed by atoms with E-state index in [9.17, 15) is 4.79 Å². The second kappa shape index (κ2) is 5.38. The second-order valence-corrected chi connectivity index (χ2v) is 3.52. The highest BCUT2D eigenvalue weighted by Crippen LogP contribution is 2.06. The summed E-state index contributed by atoms with van der Waals surface area (Å²) in [7, 11) is 0. The average molecular weight is 188 g/mol. The number of hydrogen-bond donors (Lipinski definition) is 0. The van der Waals surface area contributed by atoms with Gasteiger partial charge in [-0.15, -0.1) is 6.58 Å². The van der Waals surface area contributed by atoms with Crippen molar-refractivity contribution in [2.45, 2.75) is 26.2 Å². The lowest BCUT2D eigenvalue weighted by Gasteiger charge is -2.00. The molecule has 14 heavy (non-hydrogen) atoms. The molecule has 0 aromatic heterocycles. The number of carbonyl (C=O) groups is 1. The van der Waals surface area contributed by atoms with Crippen LogP contribution in [0.4, 0.5) is 0 Å². The van der Waals surface area contributed by atoms with Crippen molar-refractivity contribution in [1.82, 2.24) is 0 Å². The van der Waals surface area contributed by atoms with E-state index in [1.54, 1.807) is 6.08 Å². The Hall–Kier alpha value is -1.37. The molecule has 1 aromatic rings. The molecule has 0 amide bonds. The van der Waals surface area contributed by atoms with Crippen LogP contribution in [0.15, 0.2) is 36.9 Å². The van der Waals surface area contributed by atoms with Crippen LogP contribution in [0.3, 0.4) is 0 Å². The number of Topliss-reactive ketones (excluding diaryl/α,β-unsaturated/α-hetero) is 1. The van der Waals surface area contributed by atoms with Gasteiger partial charge in [-0.2, -0.15) is 0 Å². The standard InChI is InChI=1S/C13H16O/c1-3-4-13(14)10-9-12-7-5-11(2)6-8-12/h3,5-8H,1,4,9-10H2,2H3. The van der Waals surface area contributed by atoms with Crippen LogP contribution in [-0.4, -0.2) is 5.78 Å². The third-order valence-corrected chi connectivity index (χ3v) is 2.19. The van der Waals surface area contributed by atoms with E-state index < -0.39 is 0 Å². The van der Waals surface area contributed by atoms with Gasteiger partial charge in [-0.25, -0.2) is 0 Å². The minimum Gasteiger partial charge on any atom is -0.299 e. The van der Waals surface area contributed by atoms with Crippen molar-refractivity contribution in [3.63, 3.8) is 0 Å². The molecule has 0 heterocycles. The fraction of sp³-hybridized carbons (Fsp3) is 0.308. The molecule has 1 rings (SSSR count). The Labute approximate surface area is 85.5 Å². The highest BCUT2D eigenvalue weighted by atomic mass is 16.1. The van der Waals surface area contributed by atoms with Gasteiger partial charge in [0.05, 0.1) is 0 Å². The Morgan fingerprint density at radius 2 is 2.00 bits per heavy atom. The summed E-state index contributed by atoms with van der Waals surface area (Å²) in [6.07, 6.45) is 3.62. The monoisotopic (exact) mass is 188 g/mol. The summed E-state index contributed by atoms with van der Waals surface area (Å²) in [5, 5.41) is 0. The molecule has 0 aliphatic heterocycles. The fourth-order valence-corrected chi connectivity index (χ4v) is 1.30. The first-order chi connectivity index (χ1) is 6.72. The van der Waals surface area contributed by atoms with Gasteiger partial charge in [-0.1, -0.05) is 35.9 Å². The van der Waals surface area contributed by atoms with Gasteiger partial charge in [0.15, 0.2) is 0 Å². The molecule has 1 heteroatoms. The van der Waals surface area contributed by atoms with Gasteiger partial charge in [-0.3, -0.25) is 4.79 Å². The van der Waals surface area contributed by atoms with E-state index in [2.05, 4.69) is 37.8 Å². The summed E-state index contributed by atoms with van der Waals surface area (Å²) >= 11 is 0. The van der Waals surface area contributed by atoms with Crippen LogP contribution in [0.1, 0.15) is 24.0 Å². The first-order valence-electron chi connectivity index (χ1n) is 4.90. The van der Waals surface area contributed by atoms with Gasteiger partial charge in [0.25, 0.3) is 0 Å². The van der Waals surface area contributed by atoms with Crippen molar-refractivity contribution in [1.29, 1.82) is 0 Å². The van der Waals surface area contributed by atoms with Crippen LogP contribution in [0.25, 0.3) is 0 Å². The molecule has 0 unspecified atom stereocenters. The molecule has 0 fully saturated rings. The van der Waals surface area contributed by atoms with Crippen molar-refractivity contribution in [3.8, 4) is 0 Å². The van der Waals surface area contributed by atoms with E-state index in [-0.39, 0.29) is 5.78 Å². The normalized spacial score (nSPS) is 9.79. The minimum absolute atomic E-state index is 0.264. The predicted octanol–water partition coefficient (Wildman–Crippen LogP) is 3.07. The molecule has 0 aliphatic carbocycles. The Morgan fingerprint density at radius 3 is 2.57 bits per heavy atom. The zero-order valence-electron chi connectivity index (χ0n) is 8.62. The van der Waals surface area contributed by atoms with Crippen LogP contribution in [-0.2, 0) is 11.2 Å². The molecule has 0 radical (unpaired) electrons. The molecule has 1 aromatic carbocycles. The van der Waals surface area contributed by atoms with Gasteiger partial charge < -0.3 is 0 Å². The lowest BCUT2D eigenvalue weighted by Crippen LogP contribution is -1.98. The second-order valence-electron chi connectivity index (χ2n) is 3.52. The topological polar surface area (TPSA) is 17.1 Å². The minimum atomic E-state index is 0.264. The quantitative estimate of drug-likeness (QED) is 0.649. The third kappa shape index (κ3) is 3.56. The SMILES string of the molecule is C=CCC(=O)CCc1ccc(C)cc1. The van der Waals surface area contributed by atoms with Crippen molar-refractivity contribution in [2.75, 3.05) is 0 Å². The average Bonchev–Trinajstić information content (AvgIpc) is 2.17. The zero-order chi connectivity index (χ0) is 10.4. The number of carbonyl (C=O) groups excluding carboxylic acids is 1. The molecule has 1 nitrogen and oxygen atoms in total. The molecule has 0 bridgehead atoms. The van der Waals surface area contributed by atoms with Crippen molar-refractivity contribution >= 4 is 5.78 Å². The van der Waals surface area contributed by atoms with E-state index in [0.717, 1.165) is 6.42 Å². The molecule has 0 saturated carbocycles. The van der Waals surface area contributed by atoms with Crippen molar-refractivity contribution < 1.29 is 4.79 Å². The summed E-state index contributed by atoms with van der Waals surface area (Å²) in [6, 6.07) is 8.31. The zero-order valence-corrected chi connectivity index (χ0v) is 8.62. The van der Waals surface area contributed by atoms with Crippen LogP contribution in [0.5, 0.6) is 0 Å². The number of allylic oxidation sites excluding steroid dienone is 1.